The van der Waals surface area contributed by atoms with Crippen LogP contribution in [-0.4, -0.2) is 32.8 Å². The molecule has 2 aromatic rings. The van der Waals surface area contributed by atoms with E-state index in [0.717, 1.165) is 9.69 Å². The lowest BCUT2D eigenvalue weighted by Crippen LogP contribution is -2.49. The Bertz CT molecular complexity index is 833. The summed E-state index contributed by atoms with van der Waals surface area (Å²) >= 11 is 4.95. The molecule has 2 rings (SSSR count). The molecule has 0 saturated carbocycles. The number of anilines is 1. The molecule has 0 bridgehead atoms. The Morgan fingerprint density at radius 2 is 2.04 bits per heavy atom. The van der Waals surface area contributed by atoms with Crippen LogP contribution in [-0.2, 0) is 7.05 Å². The Kier molecular flexibility index (Phi) is 5.17. The van der Waals surface area contributed by atoms with Crippen LogP contribution in [0.4, 0.5) is 11.4 Å². The molecular formula is C14H16N6O4S. The number of hydrogen-bond acceptors (Lipinski definition) is 6. The summed E-state index contributed by atoms with van der Waals surface area (Å²) in [6, 6.07) is 6.56. The second-order valence-electron chi connectivity index (χ2n) is 4.98. The predicted octanol–water partition coefficient (Wildman–Crippen LogP) is 1.04. The van der Waals surface area contributed by atoms with E-state index in [1.165, 1.54) is 21.1 Å². The third kappa shape index (κ3) is 3.66. The molecule has 0 atom stereocenters. The second-order valence-corrected chi connectivity index (χ2v) is 5.39. The average Bonchev–Trinajstić information content (AvgIpc) is 2.86. The van der Waals surface area contributed by atoms with Gasteiger partial charge in [0.1, 0.15) is 11.4 Å². The summed E-state index contributed by atoms with van der Waals surface area (Å²) in [6.07, 6.45) is 0. The quantitative estimate of drug-likeness (QED) is 0.468. The fraction of sp³-hybridized carbons (Fsp3) is 0.214. The van der Waals surface area contributed by atoms with Crippen LogP contribution in [0, 0.1) is 17.0 Å². The molecule has 3 N–H and O–H groups in total. The van der Waals surface area contributed by atoms with Gasteiger partial charge in [-0.1, -0.05) is 0 Å². The zero-order valence-corrected chi connectivity index (χ0v) is 14.5. The van der Waals surface area contributed by atoms with E-state index in [-0.39, 0.29) is 22.2 Å². The summed E-state index contributed by atoms with van der Waals surface area (Å²) in [5.74, 6) is -0.158. The van der Waals surface area contributed by atoms with Crippen LogP contribution in [0.25, 0.3) is 0 Å². The number of rotatable bonds is 4. The third-order valence-electron chi connectivity index (χ3n) is 3.35. The Morgan fingerprint density at radius 3 is 2.52 bits per heavy atom. The van der Waals surface area contributed by atoms with Crippen LogP contribution in [0.5, 0.6) is 5.75 Å². The lowest BCUT2D eigenvalue weighted by atomic mass is 10.3. The van der Waals surface area contributed by atoms with Crippen molar-refractivity contribution in [1.82, 2.24) is 15.2 Å². The molecule has 1 heterocycles. The molecule has 0 aliphatic carbocycles. The number of carbonyl (C=O) groups excluding carboxylic acids is 1. The van der Waals surface area contributed by atoms with Crippen molar-refractivity contribution < 1.29 is 14.5 Å². The van der Waals surface area contributed by atoms with E-state index < -0.39 is 10.8 Å². The van der Waals surface area contributed by atoms with Gasteiger partial charge in [0.25, 0.3) is 5.91 Å². The number of thiocarbonyl (C=S) groups is 1. The van der Waals surface area contributed by atoms with Gasteiger partial charge in [0.15, 0.2) is 5.11 Å². The van der Waals surface area contributed by atoms with Gasteiger partial charge in [-0.05, 0) is 43.4 Å². The molecule has 0 aliphatic rings. The maximum atomic E-state index is 12.6. The maximum Gasteiger partial charge on any atom is 0.322 e. The third-order valence-corrected chi connectivity index (χ3v) is 3.54. The first-order chi connectivity index (χ1) is 11.8. The Labute approximate surface area is 148 Å². The number of hydrazine groups is 1. The van der Waals surface area contributed by atoms with Crippen molar-refractivity contribution >= 4 is 34.6 Å². The molecule has 11 heteroatoms. The van der Waals surface area contributed by atoms with E-state index in [9.17, 15) is 14.9 Å². The summed E-state index contributed by atoms with van der Waals surface area (Å²) in [5, 5.41) is 16.1. The van der Waals surface area contributed by atoms with E-state index in [0.29, 0.717) is 11.4 Å². The Hall–Kier alpha value is -3.21. The Balaban J connectivity index is 2.36. The minimum atomic E-state index is -0.765. The van der Waals surface area contributed by atoms with Gasteiger partial charge >= 0.3 is 5.69 Å². The lowest BCUT2D eigenvalue weighted by Gasteiger charge is -2.23. The molecular weight excluding hydrogens is 348 g/mol. The molecule has 0 spiro atoms. The van der Waals surface area contributed by atoms with Crippen molar-refractivity contribution in [3.8, 4) is 5.75 Å². The highest BCUT2D eigenvalue weighted by molar-refractivity contribution is 7.80. The second kappa shape index (κ2) is 7.13. The highest BCUT2D eigenvalue weighted by atomic mass is 32.1. The molecule has 0 fully saturated rings. The SMILES string of the molecule is COc1ccc(N(NC(=O)c2c([N+](=O)[O-])c(C)nn2C)C(N)=S)cc1. The van der Waals surface area contributed by atoms with Gasteiger partial charge in [0.05, 0.1) is 17.7 Å². The van der Waals surface area contributed by atoms with E-state index in [1.54, 1.807) is 24.3 Å². The standard InChI is InChI=1S/C14H16N6O4S/c1-8-11(20(22)23)12(18(2)16-8)13(21)17-19(14(15)25)9-4-6-10(24-3)7-5-9/h4-7H,1-3H3,(H2,15,25)(H,17,21). The van der Waals surface area contributed by atoms with Crippen LogP contribution in [0.2, 0.25) is 0 Å². The fourth-order valence-electron chi connectivity index (χ4n) is 2.25. The van der Waals surface area contributed by atoms with E-state index in [2.05, 4.69) is 10.5 Å². The van der Waals surface area contributed by atoms with E-state index >= 15 is 0 Å². The van der Waals surface area contributed by atoms with Gasteiger partial charge in [-0.2, -0.15) is 5.10 Å². The number of ether oxygens (including phenoxy) is 1. The van der Waals surface area contributed by atoms with Crippen molar-refractivity contribution in [2.24, 2.45) is 12.8 Å². The molecule has 25 heavy (non-hydrogen) atoms. The fourth-order valence-corrected chi connectivity index (χ4v) is 2.40. The van der Waals surface area contributed by atoms with Crippen LogP contribution < -0.4 is 20.9 Å². The first kappa shape index (κ1) is 18.1. The number of nitro groups is 1. The monoisotopic (exact) mass is 364 g/mol. The molecule has 10 nitrogen and oxygen atoms in total. The van der Waals surface area contributed by atoms with Gasteiger partial charge in [0, 0.05) is 7.05 Å². The minimum Gasteiger partial charge on any atom is -0.497 e. The predicted molar refractivity (Wildman–Crippen MR) is 94.3 cm³/mol. The molecule has 132 valence electrons. The van der Waals surface area contributed by atoms with Crippen molar-refractivity contribution in [3.63, 3.8) is 0 Å². The van der Waals surface area contributed by atoms with Crippen LogP contribution in [0.15, 0.2) is 24.3 Å². The number of hydrogen-bond donors (Lipinski definition) is 2. The Morgan fingerprint density at radius 1 is 1.44 bits per heavy atom. The van der Waals surface area contributed by atoms with Crippen molar-refractivity contribution in [2.75, 3.05) is 12.1 Å². The number of methoxy groups -OCH3 is 1. The number of nitrogens with two attached hydrogens (primary N) is 1. The largest absolute Gasteiger partial charge is 0.497 e. The highest BCUT2D eigenvalue weighted by Crippen LogP contribution is 2.23. The number of amides is 1. The van der Waals surface area contributed by atoms with Crippen LogP contribution in [0.1, 0.15) is 16.2 Å². The summed E-state index contributed by atoms with van der Waals surface area (Å²) in [7, 11) is 2.96. The molecule has 0 aliphatic heterocycles. The highest BCUT2D eigenvalue weighted by Gasteiger charge is 2.30. The lowest BCUT2D eigenvalue weighted by molar-refractivity contribution is -0.385. The van der Waals surface area contributed by atoms with E-state index in [4.69, 9.17) is 22.7 Å². The van der Waals surface area contributed by atoms with Gasteiger partial charge in [-0.15, -0.1) is 0 Å². The number of nitrogens with one attached hydrogen (secondary N) is 1. The molecule has 1 aromatic carbocycles. The number of nitrogens with zero attached hydrogens (tertiary/aromatic N) is 4. The smallest absolute Gasteiger partial charge is 0.322 e. The van der Waals surface area contributed by atoms with Gasteiger partial charge in [-0.3, -0.25) is 25.0 Å². The summed E-state index contributed by atoms with van der Waals surface area (Å²) in [5.41, 5.74) is 8.12. The summed E-state index contributed by atoms with van der Waals surface area (Å²) < 4.78 is 6.20. The molecule has 0 saturated heterocycles. The first-order valence-corrected chi connectivity index (χ1v) is 7.39. The number of aromatic nitrogens is 2. The first-order valence-electron chi connectivity index (χ1n) is 6.98. The normalized spacial score (nSPS) is 10.2. The molecule has 1 amide bonds. The average molecular weight is 364 g/mol. The minimum absolute atomic E-state index is 0.129. The zero-order valence-electron chi connectivity index (χ0n) is 13.7. The molecule has 0 unspecified atom stereocenters. The van der Waals surface area contributed by atoms with Gasteiger partial charge in [0.2, 0.25) is 5.69 Å². The van der Waals surface area contributed by atoms with Crippen LogP contribution in [0.3, 0.4) is 0 Å². The maximum absolute atomic E-state index is 12.6. The van der Waals surface area contributed by atoms with E-state index in [1.807, 2.05) is 0 Å². The molecule has 0 radical (unpaired) electrons. The van der Waals surface area contributed by atoms with Crippen LogP contribution >= 0.6 is 12.2 Å². The topological polar surface area (TPSA) is 129 Å². The zero-order chi connectivity index (χ0) is 18.7. The van der Waals surface area contributed by atoms with Gasteiger partial charge < -0.3 is 10.5 Å². The van der Waals surface area contributed by atoms with Crippen molar-refractivity contribution in [2.45, 2.75) is 6.92 Å². The van der Waals surface area contributed by atoms with Crippen molar-refractivity contribution in [1.29, 1.82) is 0 Å². The molecule has 1 aromatic heterocycles. The van der Waals surface area contributed by atoms with Crippen molar-refractivity contribution in [3.05, 3.63) is 45.8 Å². The summed E-state index contributed by atoms with van der Waals surface area (Å²) in [4.78, 5) is 23.1. The number of aryl methyl sites for hydroxylation is 2. The van der Waals surface area contributed by atoms with Gasteiger partial charge in [-0.25, -0.2) is 5.01 Å². The summed E-state index contributed by atoms with van der Waals surface area (Å²) in [6.45, 7) is 1.45. The number of carbonyl (C=O) groups is 1. The number of benzene rings is 1.